The molecule has 0 bridgehead atoms. The van der Waals surface area contributed by atoms with Gasteiger partial charge in [-0.15, -0.1) is 0 Å². The molecule has 2 aromatic carbocycles. The first-order valence-electron chi connectivity index (χ1n) is 9.60. The molecule has 1 aliphatic rings. The van der Waals surface area contributed by atoms with Crippen molar-refractivity contribution in [1.82, 2.24) is 5.32 Å². The number of nitro groups is 1. The number of benzene rings is 2. The summed E-state index contributed by atoms with van der Waals surface area (Å²) in [4.78, 5) is 23.4. The van der Waals surface area contributed by atoms with Gasteiger partial charge in [0.2, 0.25) is 15.9 Å². The van der Waals surface area contributed by atoms with Crippen LogP contribution < -0.4 is 19.1 Å². The molecule has 0 aromatic heterocycles. The molecule has 0 saturated heterocycles. The Morgan fingerprint density at radius 3 is 2.61 bits per heavy atom. The second-order valence-electron chi connectivity index (χ2n) is 7.00. The number of nitro benzene ring substituents is 1. The largest absolute Gasteiger partial charge is 0.486 e. The number of hydrogen-bond donors (Lipinski definition) is 1. The molecule has 3 rings (SSSR count). The molecule has 0 saturated carbocycles. The molecule has 0 aliphatic carbocycles. The highest BCUT2D eigenvalue weighted by Gasteiger charge is 2.33. The van der Waals surface area contributed by atoms with Crippen LogP contribution in [-0.4, -0.2) is 50.8 Å². The molecule has 1 heterocycles. The van der Waals surface area contributed by atoms with Crippen LogP contribution in [0.25, 0.3) is 0 Å². The third kappa shape index (κ3) is 5.23. The number of carbonyl (C=O) groups is 1. The number of fused-ring (bicyclic) bond motifs is 1. The smallest absolute Gasteiger partial charge is 0.271 e. The summed E-state index contributed by atoms with van der Waals surface area (Å²) in [6.07, 6.45) is 0.671. The van der Waals surface area contributed by atoms with Crippen LogP contribution in [0.1, 0.15) is 13.3 Å². The lowest BCUT2D eigenvalue weighted by Crippen LogP contribution is -2.51. The first-order chi connectivity index (χ1) is 14.7. The molecular formula is C20H23N3O7S. The molecule has 0 spiro atoms. The monoisotopic (exact) mass is 449 g/mol. The first kappa shape index (κ1) is 22.3. The van der Waals surface area contributed by atoms with E-state index in [-0.39, 0.29) is 30.9 Å². The van der Waals surface area contributed by atoms with Gasteiger partial charge < -0.3 is 14.8 Å². The van der Waals surface area contributed by atoms with Gasteiger partial charge in [0.1, 0.15) is 18.8 Å². The van der Waals surface area contributed by atoms with Gasteiger partial charge in [0.05, 0.1) is 23.4 Å². The summed E-state index contributed by atoms with van der Waals surface area (Å²) >= 11 is 0. The fraction of sp³-hybridized carbons (Fsp3) is 0.350. The van der Waals surface area contributed by atoms with Crippen LogP contribution in [0.4, 0.5) is 11.4 Å². The van der Waals surface area contributed by atoms with Crippen LogP contribution in [-0.2, 0) is 14.8 Å². The van der Waals surface area contributed by atoms with Crippen molar-refractivity contribution in [3.63, 3.8) is 0 Å². The molecule has 0 fully saturated rings. The maximum absolute atomic E-state index is 12.9. The van der Waals surface area contributed by atoms with E-state index in [9.17, 15) is 23.3 Å². The Balaban J connectivity index is 1.76. The predicted molar refractivity (Wildman–Crippen MR) is 114 cm³/mol. The number of rotatable bonds is 8. The lowest BCUT2D eigenvalue weighted by atomic mass is 10.1. The zero-order chi connectivity index (χ0) is 22.6. The second kappa shape index (κ2) is 9.21. The van der Waals surface area contributed by atoms with Crippen LogP contribution in [0.3, 0.4) is 0 Å². The van der Waals surface area contributed by atoms with E-state index >= 15 is 0 Å². The third-order valence-corrected chi connectivity index (χ3v) is 5.88. The summed E-state index contributed by atoms with van der Waals surface area (Å²) in [5, 5.41) is 13.8. The van der Waals surface area contributed by atoms with Crippen LogP contribution >= 0.6 is 0 Å². The minimum absolute atomic E-state index is 0.0462. The number of nitrogens with zero attached hydrogens (tertiary/aromatic N) is 2. The second-order valence-corrected chi connectivity index (χ2v) is 8.86. The van der Waals surface area contributed by atoms with Gasteiger partial charge in [-0.2, -0.15) is 0 Å². The molecule has 1 amide bonds. The average Bonchev–Trinajstić information content (AvgIpc) is 2.74. The Labute approximate surface area is 180 Å². The van der Waals surface area contributed by atoms with E-state index in [1.807, 2.05) is 6.07 Å². The summed E-state index contributed by atoms with van der Waals surface area (Å²) in [7, 11) is -3.91. The van der Waals surface area contributed by atoms with Crippen LogP contribution in [0.2, 0.25) is 0 Å². The Bertz CT molecular complexity index is 1070. The number of nitrogens with one attached hydrogen (secondary N) is 1. The van der Waals surface area contributed by atoms with E-state index in [2.05, 4.69) is 5.32 Å². The lowest BCUT2D eigenvalue weighted by molar-refractivity contribution is -0.384. The number of ether oxygens (including phenoxy) is 2. The quantitative estimate of drug-likeness (QED) is 0.483. The van der Waals surface area contributed by atoms with Crippen molar-refractivity contribution in [2.24, 2.45) is 0 Å². The molecule has 2 aromatic rings. The number of carbonyl (C=O) groups excluding carboxylic acids is 1. The summed E-state index contributed by atoms with van der Waals surface area (Å²) in [6, 6.07) is 11.2. The van der Waals surface area contributed by atoms with E-state index < -0.39 is 33.0 Å². The normalized spacial score (nSPS) is 16.3. The van der Waals surface area contributed by atoms with E-state index in [1.54, 1.807) is 25.1 Å². The van der Waals surface area contributed by atoms with Gasteiger partial charge in [0, 0.05) is 12.1 Å². The highest BCUT2D eigenvalue weighted by molar-refractivity contribution is 7.92. The highest BCUT2D eigenvalue weighted by atomic mass is 32.2. The van der Waals surface area contributed by atoms with Gasteiger partial charge in [-0.25, -0.2) is 8.42 Å². The molecule has 10 nitrogen and oxygen atoms in total. The molecule has 166 valence electrons. The summed E-state index contributed by atoms with van der Waals surface area (Å²) in [5.74, 6) is 0.640. The third-order valence-electron chi connectivity index (χ3n) is 4.70. The molecule has 0 unspecified atom stereocenters. The van der Waals surface area contributed by atoms with E-state index in [0.717, 1.165) is 16.6 Å². The molecular weight excluding hydrogens is 426 g/mol. The van der Waals surface area contributed by atoms with Crippen molar-refractivity contribution in [3.05, 3.63) is 58.6 Å². The number of anilines is 1. The van der Waals surface area contributed by atoms with Crippen molar-refractivity contribution in [3.8, 4) is 11.5 Å². The average molecular weight is 449 g/mol. The van der Waals surface area contributed by atoms with E-state index in [0.29, 0.717) is 11.5 Å². The lowest BCUT2D eigenvalue weighted by Gasteiger charge is -2.31. The van der Waals surface area contributed by atoms with Gasteiger partial charge in [0.25, 0.3) is 5.69 Å². The first-order valence-corrected chi connectivity index (χ1v) is 11.5. The molecule has 0 radical (unpaired) electrons. The maximum atomic E-state index is 12.9. The highest BCUT2D eigenvalue weighted by Crippen LogP contribution is 2.31. The Morgan fingerprint density at radius 1 is 1.26 bits per heavy atom. The summed E-state index contributed by atoms with van der Waals surface area (Å²) in [6.45, 7) is 2.00. The fourth-order valence-corrected chi connectivity index (χ4v) is 4.50. The SMILES string of the molecule is CC[C@@H](C(=O)NC[C@H]1COc2ccccc2O1)N(c1cccc([N+](=O)[O-])c1)S(C)(=O)=O. The van der Waals surface area contributed by atoms with Gasteiger partial charge >= 0.3 is 0 Å². The van der Waals surface area contributed by atoms with Gasteiger partial charge in [-0.1, -0.05) is 25.1 Å². The molecule has 11 heteroatoms. The number of para-hydroxylation sites is 2. The Kier molecular flexibility index (Phi) is 6.64. The van der Waals surface area contributed by atoms with Crippen LogP contribution in [0.5, 0.6) is 11.5 Å². The summed E-state index contributed by atoms with van der Waals surface area (Å²) in [5.41, 5.74) is -0.224. The van der Waals surface area contributed by atoms with Crippen molar-refractivity contribution < 1.29 is 27.6 Å². The number of sulfonamides is 1. The van der Waals surface area contributed by atoms with E-state index in [1.165, 1.54) is 18.2 Å². The zero-order valence-electron chi connectivity index (χ0n) is 17.1. The van der Waals surface area contributed by atoms with Crippen molar-refractivity contribution in [2.75, 3.05) is 23.7 Å². The summed E-state index contributed by atoms with van der Waals surface area (Å²) < 4.78 is 37.3. The van der Waals surface area contributed by atoms with Gasteiger partial charge in [0.15, 0.2) is 11.5 Å². The molecule has 1 aliphatic heterocycles. The Morgan fingerprint density at radius 2 is 1.97 bits per heavy atom. The molecule has 31 heavy (non-hydrogen) atoms. The molecule has 2 atom stereocenters. The zero-order valence-corrected chi connectivity index (χ0v) is 17.9. The molecule has 1 N–H and O–H groups in total. The van der Waals surface area contributed by atoms with Crippen molar-refractivity contribution in [1.29, 1.82) is 0 Å². The maximum Gasteiger partial charge on any atom is 0.271 e. The number of amides is 1. The van der Waals surface area contributed by atoms with Gasteiger partial charge in [-0.3, -0.25) is 19.2 Å². The fourth-order valence-electron chi connectivity index (χ4n) is 3.30. The number of hydrogen-bond acceptors (Lipinski definition) is 7. The van der Waals surface area contributed by atoms with Crippen molar-refractivity contribution >= 4 is 27.3 Å². The van der Waals surface area contributed by atoms with Crippen molar-refractivity contribution in [2.45, 2.75) is 25.5 Å². The predicted octanol–water partition coefficient (Wildman–Crippen LogP) is 2.10. The topological polar surface area (TPSA) is 128 Å². The van der Waals surface area contributed by atoms with Gasteiger partial charge in [-0.05, 0) is 24.6 Å². The Hall–Kier alpha value is -3.34. The van der Waals surface area contributed by atoms with Crippen LogP contribution in [0.15, 0.2) is 48.5 Å². The minimum Gasteiger partial charge on any atom is -0.486 e. The van der Waals surface area contributed by atoms with Crippen LogP contribution in [0, 0.1) is 10.1 Å². The standard InChI is InChI=1S/C20H23N3O7S/c1-3-17(22(31(2,27)28)14-7-6-8-15(11-14)23(25)26)20(24)21-12-16-13-29-18-9-4-5-10-19(18)30-16/h4-11,16-17H,3,12-13H2,1-2H3,(H,21,24)/t16-,17-/m0/s1. The number of non-ortho nitro benzene ring substituents is 1. The van der Waals surface area contributed by atoms with E-state index in [4.69, 9.17) is 9.47 Å². The minimum atomic E-state index is -3.91.